The lowest BCUT2D eigenvalue weighted by atomic mass is 10.1. The Morgan fingerprint density at radius 2 is 1.97 bits per heavy atom. The van der Waals surface area contributed by atoms with Crippen LogP contribution < -0.4 is 10.2 Å². The fourth-order valence-electron chi connectivity index (χ4n) is 3.48. The van der Waals surface area contributed by atoms with Crippen molar-refractivity contribution < 1.29 is 18.0 Å². The highest BCUT2D eigenvalue weighted by molar-refractivity contribution is 7.91. The van der Waals surface area contributed by atoms with Crippen molar-refractivity contribution in [2.75, 3.05) is 22.5 Å². The predicted octanol–water partition coefficient (Wildman–Crippen LogP) is 3.82. The van der Waals surface area contributed by atoms with Gasteiger partial charge in [-0.25, -0.2) is 8.42 Å². The van der Waals surface area contributed by atoms with Crippen LogP contribution in [0.2, 0.25) is 5.02 Å². The quantitative estimate of drug-likeness (QED) is 0.523. The molecule has 1 N–H and O–H groups in total. The summed E-state index contributed by atoms with van der Waals surface area (Å²) in [6.07, 6.45) is 0.0827. The van der Waals surface area contributed by atoms with Crippen LogP contribution in [-0.2, 0) is 19.4 Å². The van der Waals surface area contributed by atoms with Crippen LogP contribution in [0, 0.1) is 6.92 Å². The van der Waals surface area contributed by atoms with Crippen LogP contribution in [0.4, 0.5) is 10.8 Å². The van der Waals surface area contributed by atoms with Gasteiger partial charge in [-0.2, -0.15) is 0 Å². The Morgan fingerprint density at radius 3 is 2.70 bits per heavy atom. The van der Waals surface area contributed by atoms with Crippen molar-refractivity contribution in [1.82, 2.24) is 10.2 Å². The van der Waals surface area contributed by atoms with Crippen LogP contribution in [0.15, 0.2) is 53.4 Å². The maximum atomic E-state index is 12.5. The van der Waals surface area contributed by atoms with Crippen LogP contribution in [0.3, 0.4) is 0 Å². The van der Waals surface area contributed by atoms with E-state index >= 15 is 0 Å². The van der Waals surface area contributed by atoms with Crippen LogP contribution >= 0.6 is 22.9 Å². The molecule has 11 heteroatoms. The number of rotatable bonds is 7. The van der Waals surface area contributed by atoms with Crippen molar-refractivity contribution in [3.8, 4) is 0 Å². The zero-order valence-electron chi connectivity index (χ0n) is 17.7. The maximum Gasteiger partial charge on any atom is 0.227 e. The van der Waals surface area contributed by atoms with Crippen LogP contribution in [0.25, 0.3) is 0 Å². The molecule has 2 aromatic carbocycles. The van der Waals surface area contributed by atoms with Gasteiger partial charge in [0.25, 0.3) is 0 Å². The summed E-state index contributed by atoms with van der Waals surface area (Å²) in [5.41, 5.74) is 1.67. The Morgan fingerprint density at radius 1 is 1.21 bits per heavy atom. The standard InChI is InChI=1S/C22H21ClN4O4S2/c1-14-7-8-16(12-18(14)23)27-13-15(11-20(27)29)21-25-26-22(32-21)24-19(28)9-10-33(30,31)17-5-3-2-4-6-17/h2-8,12,15H,9-11,13H2,1H3,(H,24,26,28). The molecule has 1 unspecified atom stereocenters. The summed E-state index contributed by atoms with van der Waals surface area (Å²) in [5.74, 6) is -0.957. The maximum absolute atomic E-state index is 12.5. The highest BCUT2D eigenvalue weighted by Crippen LogP contribution is 2.35. The number of anilines is 2. The Labute approximate surface area is 200 Å². The van der Waals surface area contributed by atoms with Crippen molar-refractivity contribution in [3.63, 3.8) is 0 Å². The average molecular weight is 505 g/mol. The minimum absolute atomic E-state index is 0.0353. The highest BCUT2D eigenvalue weighted by Gasteiger charge is 2.34. The van der Waals surface area contributed by atoms with Crippen molar-refractivity contribution in [2.24, 2.45) is 0 Å². The van der Waals surface area contributed by atoms with Gasteiger partial charge in [0.1, 0.15) is 5.01 Å². The van der Waals surface area contributed by atoms with Crippen molar-refractivity contribution in [1.29, 1.82) is 0 Å². The molecule has 0 bridgehead atoms. The van der Waals surface area contributed by atoms with Crippen LogP contribution in [0.1, 0.15) is 29.3 Å². The molecule has 8 nitrogen and oxygen atoms in total. The number of carbonyl (C=O) groups is 2. The van der Waals surface area contributed by atoms with E-state index in [1.807, 2.05) is 19.1 Å². The summed E-state index contributed by atoms with van der Waals surface area (Å²) in [6.45, 7) is 2.34. The van der Waals surface area contributed by atoms with E-state index in [9.17, 15) is 18.0 Å². The van der Waals surface area contributed by atoms with E-state index in [0.717, 1.165) is 11.3 Å². The lowest BCUT2D eigenvalue weighted by Crippen LogP contribution is -2.24. The zero-order valence-corrected chi connectivity index (χ0v) is 20.1. The Kier molecular flexibility index (Phi) is 6.78. The number of nitrogens with one attached hydrogen (secondary N) is 1. The molecule has 4 rings (SSSR count). The second-order valence-corrected chi connectivity index (χ2v) is 11.2. The largest absolute Gasteiger partial charge is 0.312 e. The Hall–Kier alpha value is -2.82. The Balaban J connectivity index is 1.35. The van der Waals surface area contributed by atoms with Gasteiger partial charge in [0, 0.05) is 36.0 Å². The number of hydrogen-bond acceptors (Lipinski definition) is 7. The third-order valence-corrected chi connectivity index (χ3v) is 8.47. The second kappa shape index (κ2) is 9.58. The van der Waals surface area contributed by atoms with Gasteiger partial charge in [0.2, 0.25) is 16.9 Å². The molecule has 1 aliphatic heterocycles. The first-order chi connectivity index (χ1) is 15.7. The number of benzene rings is 2. The number of nitrogens with zero attached hydrogens (tertiary/aromatic N) is 3. The first-order valence-electron chi connectivity index (χ1n) is 10.2. The average Bonchev–Trinajstić information content (AvgIpc) is 3.41. The topological polar surface area (TPSA) is 109 Å². The molecule has 1 aliphatic rings. The van der Waals surface area contributed by atoms with E-state index in [4.69, 9.17) is 11.6 Å². The number of halogens is 1. The number of amides is 2. The van der Waals surface area contributed by atoms with Crippen molar-refractivity contribution in [2.45, 2.75) is 30.6 Å². The van der Waals surface area contributed by atoms with Gasteiger partial charge in [-0.05, 0) is 36.8 Å². The SMILES string of the molecule is Cc1ccc(N2CC(c3nnc(NC(=O)CCS(=O)(=O)c4ccccc4)s3)CC2=O)cc1Cl. The van der Waals surface area contributed by atoms with Gasteiger partial charge in [0.15, 0.2) is 9.84 Å². The molecular weight excluding hydrogens is 484 g/mol. The molecule has 0 spiro atoms. The monoisotopic (exact) mass is 504 g/mol. The summed E-state index contributed by atoms with van der Waals surface area (Å²) in [4.78, 5) is 26.7. The number of aromatic nitrogens is 2. The molecule has 172 valence electrons. The lowest BCUT2D eigenvalue weighted by Gasteiger charge is -2.17. The molecule has 0 saturated carbocycles. The highest BCUT2D eigenvalue weighted by atomic mass is 35.5. The number of aryl methyl sites for hydroxylation is 1. The third kappa shape index (κ3) is 5.40. The van der Waals surface area contributed by atoms with E-state index in [-0.39, 0.29) is 40.4 Å². The summed E-state index contributed by atoms with van der Waals surface area (Å²) in [6, 6.07) is 13.5. The summed E-state index contributed by atoms with van der Waals surface area (Å²) in [5, 5.41) is 12.2. The smallest absolute Gasteiger partial charge is 0.227 e. The van der Waals surface area contributed by atoms with Gasteiger partial charge in [-0.1, -0.05) is 47.2 Å². The number of carbonyl (C=O) groups excluding carboxylic acids is 2. The summed E-state index contributed by atoms with van der Waals surface area (Å²) >= 11 is 7.38. The van der Waals surface area contributed by atoms with E-state index in [1.165, 1.54) is 23.5 Å². The minimum Gasteiger partial charge on any atom is -0.312 e. The van der Waals surface area contributed by atoms with Gasteiger partial charge in [-0.15, -0.1) is 10.2 Å². The fraction of sp³-hybridized carbons (Fsp3) is 0.273. The first-order valence-corrected chi connectivity index (χ1v) is 13.0. The fourth-order valence-corrected chi connectivity index (χ4v) is 5.76. The number of hydrogen-bond donors (Lipinski definition) is 1. The van der Waals surface area contributed by atoms with E-state index in [0.29, 0.717) is 16.6 Å². The van der Waals surface area contributed by atoms with E-state index in [1.54, 1.807) is 29.2 Å². The zero-order chi connectivity index (χ0) is 23.6. The van der Waals surface area contributed by atoms with Crippen LogP contribution in [-0.4, -0.2) is 42.7 Å². The molecule has 0 aliphatic carbocycles. The van der Waals surface area contributed by atoms with Gasteiger partial charge in [-0.3, -0.25) is 9.59 Å². The molecule has 0 radical (unpaired) electrons. The molecule has 2 amide bonds. The van der Waals surface area contributed by atoms with Gasteiger partial charge >= 0.3 is 0 Å². The Bertz CT molecular complexity index is 1290. The van der Waals surface area contributed by atoms with Crippen LogP contribution in [0.5, 0.6) is 0 Å². The second-order valence-electron chi connectivity index (χ2n) is 7.71. The van der Waals surface area contributed by atoms with E-state index in [2.05, 4.69) is 15.5 Å². The predicted molar refractivity (Wildman–Crippen MR) is 128 cm³/mol. The van der Waals surface area contributed by atoms with E-state index < -0.39 is 15.7 Å². The summed E-state index contributed by atoms with van der Waals surface area (Å²) < 4.78 is 24.7. The minimum atomic E-state index is -3.55. The molecule has 3 aromatic rings. The van der Waals surface area contributed by atoms with Gasteiger partial charge in [0.05, 0.1) is 10.6 Å². The third-order valence-electron chi connectivity index (χ3n) is 5.33. The summed E-state index contributed by atoms with van der Waals surface area (Å²) in [7, 11) is -3.55. The molecule has 2 heterocycles. The molecule has 33 heavy (non-hydrogen) atoms. The molecular formula is C22H21ClN4O4S2. The normalized spacial score (nSPS) is 16.2. The molecule has 1 aromatic heterocycles. The lowest BCUT2D eigenvalue weighted by molar-refractivity contribution is -0.117. The van der Waals surface area contributed by atoms with Gasteiger partial charge < -0.3 is 10.2 Å². The molecule has 1 fully saturated rings. The molecule has 1 saturated heterocycles. The van der Waals surface area contributed by atoms with Crippen molar-refractivity contribution in [3.05, 3.63) is 64.1 Å². The number of sulfone groups is 1. The van der Waals surface area contributed by atoms with Crippen molar-refractivity contribution >= 4 is 55.4 Å². The first kappa shape index (κ1) is 23.3. The molecule has 1 atom stereocenters.